The maximum absolute atomic E-state index is 12.9. The first-order valence-corrected chi connectivity index (χ1v) is 9.42. The van der Waals surface area contributed by atoms with Crippen LogP contribution < -0.4 is 4.72 Å². The highest BCUT2D eigenvalue weighted by molar-refractivity contribution is 7.90. The zero-order valence-corrected chi connectivity index (χ0v) is 15.5. The van der Waals surface area contributed by atoms with E-state index in [-0.39, 0.29) is 11.3 Å². The Morgan fingerprint density at radius 2 is 1.84 bits per heavy atom. The van der Waals surface area contributed by atoms with E-state index in [9.17, 15) is 17.6 Å². The molecule has 0 atom stereocenters. The average molecular weight is 367 g/mol. The van der Waals surface area contributed by atoms with Gasteiger partial charge < -0.3 is 0 Å². The number of nitrogens with one attached hydrogen (secondary N) is 1. The first kappa shape index (κ1) is 19.1. The predicted octanol–water partition coefficient (Wildman–Crippen LogP) is 2.34. The summed E-state index contributed by atoms with van der Waals surface area (Å²) in [6, 6.07) is 4.29. The lowest BCUT2D eigenvalue weighted by atomic mass is 10.1. The van der Waals surface area contributed by atoms with Crippen LogP contribution in [0.4, 0.5) is 4.39 Å². The Labute approximate surface area is 147 Å². The lowest BCUT2D eigenvalue weighted by Crippen LogP contribution is -2.32. The molecule has 1 N–H and O–H groups in total. The summed E-state index contributed by atoms with van der Waals surface area (Å²) < 4.78 is 41.1. The van der Waals surface area contributed by atoms with E-state index in [1.54, 1.807) is 6.92 Å². The Hall–Kier alpha value is -2.22. The number of carbonyl (C=O) groups excluding carboxylic acids is 1. The number of sulfonamides is 1. The van der Waals surface area contributed by atoms with Gasteiger partial charge in [-0.2, -0.15) is 5.10 Å². The normalized spacial score (nSPS) is 11.8. The van der Waals surface area contributed by atoms with Gasteiger partial charge >= 0.3 is 0 Å². The van der Waals surface area contributed by atoms with Crippen LogP contribution >= 0.6 is 0 Å². The van der Waals surface area contributed by atoms with E-state index < -0.39 is 21.7 Å². The Bertz CT molecular complexity index is 871. The number of aryl methyl sites for hydroxylation is 1. The molecule has 0 aliphatic heterocycles. The molecular formula is C17H22FN3O3S. The van der Waals surface area contributed by atoms with Crippen LogP contribution in [0.1, 0.15) is 30.8 Å². The highest BCUT2D eigenvalue weighted by Gasteiger charge is 2.21. The second-order valence-electron chi connectivity index (χ2n) is 6.38. The summed E-state index contributed by atoms with van der Waals surface area (Å²) in [6.45, 7) is 8.51. The van der Waals surface area contributed by atoms with Crippen LogP contribution in [0.2, 0.25) is 0 Å². The molecule has 2 rings (SSSR count). The predicted molar refractivity (Wildman–Crippen MR) is 92.0 cm³/mol. The van der Waals surface area contributed by atoms with E-state index in [4.69, 9.17) is 0 Å². The standard InChI is InChI=1S/C17H22FN3O3S/c1-11(2)10-21-13(4)16(12(3)19-21)9-17(22)20-25(23,24)15-7-5-14(18)6-8-15/h5-8,11H,9-10H2,1-4H3,(H,20,22). The van der Waals surface area contributed by atoms with Gasteiger partial charge in [0.2, 0.25) is 5.91 Å². The summed E-state index contributed by atoms with van der Waals surface area (Å²) in [4.78, 5) is 12.0. The van der Waals surface area contributed by atoms with Crippen molar-refractivity contribution >= 4 is 15.9 Å². The maximum atomic E-state index is 12.9. The number of hydrogen-bond donors (Lipinski definition) is 1. The molecule has 0 spiro atoms. The first-order valence-electron chi connectivity index (χ1n) is 7.94. The Kier molecular flexibility index (Phi) is 5.62. The number of rotatable bonds is 6. The number of amides is 1. The molecule has 1 heterocycles. The number of aromatic nitrogens is 2. The molecule has 0 unspecified atom stereocenters. The Balaban J connectivity index is 2.15. The van der Waals surface area contributed by atoms with Gasteiger partial charge in [-0.1, -0.05) is 13.8 Å². The van der Waals surface area contributed by atoms with Crippen LogP contribution in [-0.2, 0) is 27.8 Å². The first-order chi connectivity index (χ1) is 11.6. The number of nitrogens with zero attached hydrogens (tertiary/aromatic N) is 2. The van der Waals surface area contributed by atoms with E-state index in [0.717, 1.165) is 36.5 Å². The van der Waals surface area contributed by atoms with Gasteiger partial charge in [-0.05, 0) is 44.0 Å². The van der Waals surface area contributed by atoms with Gasteiger partial charge in [-0.25, -0.2) is 17.5 Å². The summed E-state index contributed by atoms with van der Waals surface area (Å²) in [5.41, 5.74) is 2.26. The smallest absolute Gasteiger partial charge is 0.264 e. The number of halogens is 1. The largest absolute Gasteiger partial charge is 0.274 e. The lowest BCUT2D eigenvalue weighted by molar-refractivity contribution is -0.118. The van der Waals surface area contributed by atoms with Crippen LogP contribution in [0.15, 0.2) is 29.2 Å². The molecule has 0 fully saturated rings. The highest BCUT2D eigenvalue weighted by Crippen LogP contribution is 2.16. The maximum Gasteiger partial charge on any atom is 0.264 e. The van der Waals surface area contributed by atoms with Gasteiger partial charge in [-0.15, -0.1) is 0 Å². The van der Waals surface area contributed by atoms with Gasteiger partial charge in [0.25, 0.3) is 10.0 Å². The second kappa shape index (κ2) is 7.35. The van der Waals surface area contributed by atoms with Crippen molar-refractivity contribution in [3.63, 3.8) is 0 Å². The topological polar surface area (TPSA) is 81.1 Å². The molecule has 1 aromatic carbocycles. The molecule has 0 saturated heterocycles. The Morgan fingerprint density at radius 1 is 1.24 bits per heavy atom. The highest BCUT2D eigenvalue weighted by atomic mass is 32.2. The monoisotopic (exact) mass is 367 g/mol. The third-order valence-electron chi connectivity index (χ3n) is 3.78. The average Bonchev–Trinajstić information content (AvgIpc) is 2.74. The number of carbonyl (C=O) groups is 1. The SMILES string of the molecule is Cc1nn(CC(C)C)c(C)c1CC(=O)NS(=O)(=O)c1ccc(F)cc1. The molecule has 0 saturated carbocycles. The molecule has 1 aromatic heterocycles. The van der Waals surface area contributed by atoms with E-state index >= 15 is 0 Å². The second-order valence-corrected chi connectivity index (χ2v) is 8.07. The fourth-order valence-electron chi connectivity index (χ4n) is 2.53. The molecule has 6 nitrogen and oxygen atoms in total. The Morgan fingerprint density at radius 3 is 2.40 bits per heavy atom. The van der Waals surface area contributed by atoms with Crippen molar-refractivity contribution in [1.82, 2.24) is 14.5 Å². The van der Waals surface area contributed by atoms with E-state index in [0.29, 0.717) is 17.2 Å². The van der Waals surface area contributed by atoms with E-state index in [1.165, 1.54) is 0 Å². The van der Waals surface area contributed by atoms with Gasteiger partial charge in [-0.3, -0.25) is 9.48 Å². The zero-order valence-electron chi connectivity index (χ0n) is 14.7. The van der Waals surface area contributed by atoms with Crippen molar-refractivity contribution < 1.29 is 17.6 Å². The van der Waals surface area contributed by atoms with Crippen LogP contribution in [0.25, 0.3) is 0 Å². The lowest BCUT2D eigenvalue weighted by Gasteiger charge is -2.09. The van der Waals surface area contributed by atoms with Crippen molar-refractivity contribution in [2.75, 3.05) is 0 Å². The third-order valence-corrected chi connectivity index (χ3v) is 5.17. The van der Waals surface area contributed by atoms with Crippen molar-refractivity contribution in [1.29, 1.82) is 0 Å². The molecule has 2 aromatic rings. The number of hydrogen-bond acceptors (Lipinski definition) is 4. The molecule has 8 heteroatoms. The molecule has 0 bridgehead atoms. The molecular weight excluding hydrogens is 345 g/mol. The summed E-state index contributed by atoms with van der Waals surface area (Å²) in [5.74, 6) is -0.799. The molecule has 136 valence electrons. The molecule has 0 aliphatic rings. The van der Waals surface area contributed by atoms with Gasteiger partial charge in [0.05, 0.1) is 17.0 Å². The minimum Gasteiger partial charge on any atom is -0.274 e. The van der Waals surface area contributed by atoms with Crippen molar-refractivity contribution in [2.24, 2.45) is 5.92 Å². The summed E-state index contributed by atoms with van der Waals surface area (Å²) in [7, 11) is -4.03. The number of benzene rings is 1. The van der Waals surface area contributed by atoms with Crippen molar-refractivity contribution in [2.45, 2.75) is 45.6 Å². The van der Waals surface area contributed by atoms with Crippen LogP contribution in [0, 0.1) is 25.6 Å². The minimum absolute atomic E-state index is 0.0871. The van der Waals surface area contributed by atoms with Crippen LogP contribution in [0.5, 0.6) is 0 Å². The van der Waals surface area contributed by atoms with Crippen molar-refractivity contribution in [3.05, 3.63) is 47.0 Å². The van der Waals surface area contributed by atoms with E-state index in [1.807, 2.05) is 16.3 Å². The summed E-state index contributed by atoms with van der Waals surface area (Å²) >= 11 is 0. The zero-order chi connectivity index (χ0) is 18.8. The fraction of sp³-hybridized carbons (Fsp3) is 0.412. The molecule has 1 amide bonds. The summed E-state index contributed by atoms with van der Waals surface area (Å²) in [5, 5.41) is 4.41. The summed E-state index contributed by atoms with van der Waals surface area (Å²) in [6.07, 6.45) is -0.0871. The molecule has 0 aliphatic carbocycles. The van der Waals surface area contributed by atoms with Gasteiger partial charge in [0.15, 0.2) is 0 Å². The molecule has 25 heavy (non-hydrogen) atoms. The van der Waals surface area contributed by atoms with Gasteiger partial charge in [0, 0.05) is 17.8 Å². The third kappa shape index (κ3) is 4.66. The van der Waals surface area contributed by atoms with Crippen LogP contribution in [-0.4, -0.2) is 24.1 Å². The fourth-order valence-corrected chi connectivity index (χ4v) is 3.52. The van der Waals surface area contributed by atoms with Gasteiger partial charge in [0.1, 0.15) is 5.82 Å². The minimum atomic E-state index is -4.03. The molecule has 0 radical (unpaired) electrons. The van der Waals surface area contributed by atoms with Crippen LogP contribution in [0.3, 0.4) is 0 Å². The van der Waals surface area contributed by atoms with Crippen molar-refractivity contribution in [3.8, 4) is 0 Å². The quantitative estimate of drug-likeness (QED) is 0.850. The van der Waals surface area contributed by atoms with E-state index in [2.05, 4.69) is 18.9 Å².